The Morgan fingerprint density at radius 3 is 2.58 bits per heavy atom. The maximum atomic E-state index is 12.6. The zero-order valence-electron chi connectivity index (χ0n) is 23.5. The van der Waals surface area contributed by atoms with Crippen LogP contribution in [0.3, 0.4) is 0 Å². The van der Waals surface area contributed by atoms with E-state index in [1.165, 1.54) is 6.33 Å². The normalized spacial score (nSPS) is 18.2. The fraction of sp³-hybridized carbons (Fsp3) is 0.538. The molecular weight excluding hydrogens is 605 g/mol. The van der Waals surface area contributed by atoms with Crippen molar-refractivity contribution in [2.75, 3.05) is 58.6 Å². The first-order chi connectivity index (χ1) is 20.8. The summed E-state index contributed by atoms with van der Waals surface area (Å²) in [6.45, 7) is -2.28. The first-order valence-electron chi connectivity index (χ1n) is 13.7. The lowest BCUT2D eigenvalue weighted by atomic mass is 10.2. The second-order valence-electron chi connectivity index (χ2n) is 9.38. The standard InChI is InChI=1S/C26H36N5O10PS/c27-25-24-26(29-17-28-25)31(18-30-24)22-7-6-21(40-22)14-39-42(34,35)43-16-19-2-4-20(5-3-19)41-23(33)15-38-13-12-37-11-10-36-9-1-8-32/h2-5,17-18,21-22,32H,1,6-16H2,(H,34,35)(H2,27,28,29)/t21-,22+/m0/s1. The number of nitrogen functional groups attached to an aromatic ring is 1. The average molecular weight is 642 g/mol. The Balaban J connectivity index is 1.09. The molecule has 0 bridgehead atoms. The van der Waals surface area contributed by atoms with Crippen molar-refractivity contribution in [3.63, 3.8) is 0 Å². The van der Waals surface area contributed by atoms with Gasteiger partial charge in [0, 0.05) is 19.0 Å². The van der Waals surface area contributed by atoms with E-state index in [1.54, 1.807) is 35.2 Å². The monoisotopic (exact) mass is 641 g/mol. The molecular formula is C26H36N5O10PS. The van der Waals surface area contributed by atoms with E-state index in [-0.39, 0.29) is 50.3 Å². The lowest BCUT2D eigenvalue weighted by molar-refractivity contribution is -0.140. The number of hydrogen-bond acceptors (Lipinski definition) is 14. The number of esters is 1. The van der Waals surface area contributed by atoms with Crippen molar-refractivity contribution in [2.24, 2.45) is 0 Å². The summed E-state index contributed by atoms with van der Waals surface area (Å²) >= 11 is 0.791. The van der Waals surface area contributed by atoms with Crippen LogP contribution in [0.15, 0.2) is 36.9 Å². The molecule has 43 heavy (non-hydrogen) atoms. The molecule has 3 atom stereocenters. The summed E-state index contributed by atoms with van der Waals surface area (Å²) in [5, 5.41) is 8.66. The minimum Gasteiger partial charge on any atom is -0.425 e. The van der Waals surface area contributed by atoms with Gasteiger partial charge in [-0.25, -0.2) is 24.3 Å². The minimum absolute atomic E-state index is 0.0377. The number of carbonyl (C=O) groups is 1. The molecule has 15 nitrogen and oxygen atoms in total. The highest BCUT2D eigenvalue weighted by Crippen LogP contribution is 2.57. The number of hydrogen-bond donors (Lipinski definition) is 3. The molecule has 1 aliphatic rings. The molecule has 4 N–H and O–H groups in total. The van der Waals surface area contributed by atoms with E-state index in [9.17, 15) is 14.3 Å². The lowest BCUT2D eigenvalue weighted by Gasteiger charge is -2.17. The minimum atomic E-state index is -3.95. The molecule has 0 spiro atoms. The number of aromatic nitrogens is 4. The molecule has 3 aromatic rings. The Labute approximate surface area is 252 Å². The molecule has 1 unspecified atom stereocenters. The molecule has 1 saturated heterocycles. The molecule has 1 aromatic carbocycles. The van der Waals surface area contributed by atoms with Gasteiger partial charge in [0.05, 0.1) is 45.5 Å². The van der Waals surface area contributed by atoms with Gasteiger partial charge in [0.15, 0.2) is 11.5 Å². The Morgan fingerprint density at radius 2 is 1.81 bits per heavy atom. The lowest BCUT2D eigenvalue weighted by Crippen LogP contribution is -2.18. The van der Waals surface area contributed by atoms with Gasteiger partial charge in [-0.1, -0.05) is 12.1 Å². The maximum absolute atomic E-state index is 12.6. The second-order valence-corrected chi connectivity index (χ2v) is 13.3. The number of aliphatic hydroxyl groups excluding tert-OH is 1. The van der Waals surface area contributed by atoms with Gasteiger partial charge in [0.2, 0.25) is 0 Å². The van der Waals surface area contributed by atoms with Gasteiger partial charge >= 0.3 is 12.8 Å². The molecule has 0 saturated carbocycles. The number of benzene rings is 1. The highest BCUT2D eigenvalue weighted by atomic mass is 32.7. The van der Waals surface area contributed by atoms with Gasteiger partial charge in [0.1, 0.15) is 30.4 Å². The average Bonchev–Trinajstić information content (AvgIpc) is 3.65. The summed E-state index contributed by atoms with van der Waals surface area (Å²) in [6, 6.07) is 6.59. The summed E-state index contributed by atoms with van der Waals surface area (Å²) in [4.78, 5) is 34.7. The van der Waals surface area contributed by atoms with Crippen LogP contribution >= 0.6 is 18.2 Å². The molecule has 4 rings (SSSR count). The predicted octanol–water partition coefficient (Wildman–Crippen LogP) is 2.47. The molecule has 3 heterocycles. The Hall–Kier alpha value is -2.66. The summed E-state index contributed by atoms with van der Waals surface area (Å²) in [7, 11) is 0. The van der Waals surface area contributed by atoms with Crippen LogP contribution in [0.2, 0.25) is 0 Å². The fourth-order valence-electron chi connectivity index (χ4n) is 4.04. The van der Waals surface area contributed by atoms with Gasteiger partial charge in [-0.05, 0) is 48.3 Å². The van der Waals surface area contributed by atoms with E-state index in [1.807, 2.05) is 0 Å². The molecule has 0 amide bonds. The SMILES string of the molecule is Nc1ncnc2c1ncn2[C@H]1CC[C@@H](COP(=O)(O)SCc2ccc(OC(=O)COCCOCCOCCCO)cc2)O1. The topological polar surface area (TPSA) is 200 Å². The van der Waals surface area contributed by atoms with Gasteiger partial charge in [-0.15, -0.1) is 0 Å². The third-order valence-electron chi connectivity index (χ3n) is 6.17. The molecule has 0 aliphatic carbocycles. The zero-order valence-corrected chi connectivity index (χ0v) is 25.2. The number of anilines is 1. The van der Waals surface area contributed by atoms with Gasteiger partial charge in [0.25, 0.3) is 0 Å². The predicted molar refractivity (Wildman–Crippen MR) is 156 cm³/mol. The maximum Gasteiger partial charge on any atom is 0.386 e. The van der Waals surface area contributed by atoms with E-state index in [4.69, 9.17) is 39.0 Å². The van der Waals surface area contributed by atoms with Crippen LogP contribution in [0.1, 0.15) is 31.1 Å². The van der Waals surface area contributed by atoms with Crippen LogP contribution in [0.4, 0.5) is 5.82 Å². The molecule has 236 valence electrons. The summed E-state index contributed by atoms with van der Waals surface area (Å²) in [6.07, 6.45) is 4.13. The summed E-state index contributed by atoms with van der Waals surface area (Å²) in [5.41, 5.74) is 7.66. The molecule has 17 heteroatoms. The van der Waals surface area contributed by atoms with E-state index in [0.717, 1.165) is 16.9 Å². The van der Waals surface area contributed by atoms with Crippen molar-refractivity contribution in [1.29, 1.82) is 0 Å². The molecule has 0 radical (unpaired) electrons. The quantitative estimate of drug-likeness (QED) is 0.0746. The third-order valence-corrected chi connectivity index (χ3v) is 9.11. The highest BCUT2D eigenvalue weighted by molar-refractivity contribution is 8.54. The number of fused-ring (bicyclic) bond motifs is 1. The van der Waals surface area contributed by atoms with Crippen molar-refractivity contribution in [3.05, 3.63) is 42.5 Å². The van der Waals surface area contributed by atoms with Crippen molar-refractivity contribution in [2.45, 2.75) is 37.3 Å². The number of imidazole rings is 1. The number of rotatable bonds is 19. The summed E-state index contributed by atoms with van der Waals surface area (Å²) < 4.78 is 46.8. The summed E-state index contributed by atoms with van der Waals surface area (Å²) in [5.74, 6) is 0.272. The van der Waals surface area contributed by atoms with Crippen molar-refractivity contribution in [1.82, 2.24) is 19.5 Å². The van der Waals surface area contributed by atoms with Crippen LogP contribution in [-0.4, -0.2) is 94.4 Å². The van der Waals surface area contributed by atoms with Gasteiger partial charge < -0.3 is 39.4 Å². The van der Waals surface area contributed by atoms with E-state index < -0.39 is 12.8 Å². The van der Waals surface area contributed by atoms with Crippen LogP contribution < -0.4 is 10.5 Å². The van der Waals surface area contributed by atoms with E-state index in [0.29, 0.717) is 62.6 Å². The van der Waals surface area contributed by atoms with Crippen LogP contribution in [0.5, 0.6) is 5.75 Å². The number of aliphatic hydroxyl groups is 1. The van der Waals surface area contributed by atoms with Crippen molar-refractivity contribution in [3.8, 4) is 5.75 Å². The number of carbonyl (C=O) groups excluding carboxylic acids is 1. The fourth-order valence-corrected chi connectivity index (χ4v) is 6.32. The van der Waals surface area contributed by atoms with Crippen LogP contribution in [-0.2, 0) is 38.6 Å². The van der Waals surface area contributed by atoms with Gasteiger partial charge in [-0.3, -0.25) is 9.09 Å². The first-order valence-corrected chi connectivity index (χ1v) is 16.9. The highest BCUT2D eigenvalue weighted by Gasteiger charge is 2.31. The third kappa shape index (κ3) is 10.8. The smallest absolute Gasteiger partial charge is 0.386 e. The Kier molecular flexibility index (Phi) is 13.1. The number of ether oxygens (including phenoxy) is 5. The number of nitrogens with two attached hydrogens (primary N) is 1. The Bertz CT molecular complexity index is 1350. The van der Waals surface area contributed by atoms with Crippen LogP contribution in [0.25, 0.3) is 11.2 Å². The zero-order chi connectivity index (χ0) is 30.5. The van der Waals surface area contributed by atoms with Crippen LogP contribution in [0, 0.1) is 0 Å². The van der Waals surface area contributed by atoms with Crippen molar-refractivity contribution >= 4 is 41.1 Å². The molecule has 1 aliphatic heterocycles. The molecule has 1 fully saturated rings. The van der Waals surface area contributed by atoms with E-state index in [2.05, 4.69) is 15.0 Å². The van der Waals surface area contributed by atoms with Crippen molar-refractivity contribution < 1.29 is 47.6 Å². The number of nitrogens with zero attached hydrogens (tertiary/aromatic N) is 4. The largest absolute Gasteiger partial charge is 0.425 e. The molecule has 2 aromatic heterocycles. The second kappa shape index (κ2) is 17.0. The van der Waals surface area contributed by atoms with Gasteiger partial charge in [-0.2, -0.15) is 0 Å². The Morgan fingerprint density at radius 1 is 1.07 bits per heavy atom. The first kappa shape index (κ1) is 33.2. The van der Waals surface area contributed by atoms with E-state index >= 15 is 0 Å².